The van der Waals surface area contributed by atoms with E-state index in [-0.39, 0.29) is 17.1 Å². The van der Waals surface area contributed by atoms with E-state index in [1.165, 1.54) is 13.1 Å². The second-order valence-corrected chi connectivity index (χ2v) is 6.99. The standard InChI is InChI=1S/C13H22N2O4S/c1-14-20(17,18)13-7-6-11(19-13)9-15-8-10-4-2-3-5-12(10)16/h6-7,10,12,14-16H,2-5,8-9H2,1H3. The van der Waals surface area contributed by atoms with Crippen LogP contribution in [0.25, 0.3) is 0 Å². The fraction of sp³-hybridized carbons (Fsp3) is 0.692. The Balaban J connectivity index is 1.83. The molecule has 0 radical (unpaired) electrons. The maximum atomic E-state index is 11.5. The molecule has 3 N–H and O–H groups in total. The monoisotopic (exact) mass is 302 g/mol. The zero-order chi connectivity index (χ0) is 14.6. The van der Waals surface area contributed by atoms with Gasteiger partial charge in [-0.15, -0.1) is 0 Å². The van der Waals surface area contributed by atoms with Gasteiger partial charge in [-0.1, -0.05) is 12.8 Å². The number of aliphatic hydroxyl groups excluding tert-OH is 1. The highest BCUT2D eigenvalue weighted by atomic mass is 32.2. The van der Waals surface area contributed by atoms with Crippen LogP contribution in [0.3, 0.4) is 0 Å². The Bertz CT molecular complexity index is 526. The van der Waals surface area contributed by atoms with Gasteiger partial charge in [-0.2, -0.15) is 0 Å². The zero-order valence-corrected chi connectivity index (χ0v) is 12.4. The molecule has 1 aromatic rings. The van der Waals surface area contributed by atoms with Gasteiger partial charge in [-0.3, -0.25) is 0 Å². The van der Waals surface area contributed by atoms with Gasteiger partial charge < -0.3 is 14.8 Å². The molecule has 0 aliphatic heterocycles. The minimum absolute atomic E-state index is 0.0745. The van der Waals surface area contributed by atoms with E-state index in [4.69, 9.17) is 4.42 Å². The molecule has 0 spiro atoms. The molecule has 114 valence electrons. The first-order valence-electron chi connectivity index (χ1n) is 6.94. The van der Waals surface area contributed by atoms with E-state index in [1.54, 1.807) is 6.07 Å². The van der Waals surface area contributed by atoms with Crippen molar-refractivity contribution in [1.82, 2.24) is 10.0 Å². The van der Waals surface area contributed by atoms with Gasteiger partial charge in [-0.25, -0.2) is 13.1 Å². The van der Waals surface area contributed by atoms with Crippen molar-refractivity contribution in [2.75, 3.05) is 13.6 Å². The normalized spacial score (nSPS) is 23.9. The molecular formula is C13H22N2O4S. The molecule has 1 aromatic heterocycles. The number of furan rings is 1. The van der Waals surface area contributed by atoms with Crippen molar-refractivity contribution in [3.05, 3.63) is 17.9 Å². The molecule has 2 rings (SSSR count). The quantitative estimate of drug-likeness (QED) is 0.724. The molecule has 7 heteroatoms. The lowest BCUT2D eigenvalue weighted by Gasteiger charge is -2.27. The van der Waals surface area contributed by atoms with Crippen LogP contribution in [0.4, 0.5) is 0 Å². The summed E-state index contributed by atoms with van der Waals surface area (Å²) in [4.78, 5) is 0. The summed E-state index contributed by atoms with van der Waals surface area (Å²) in [5, 5.41) is 13.0. The SMILES string of the molecule is CNS(=O)(=O)c1ccc(CNCC2CCCCC2O)o1. The molecule has 0 bridgehead atoms. The van der Waals surface area contributed by atoms with Crippen LogP contribution in [0.15, 0.2) is 21.6 Å². The van der Waals surface area contributed by atoms with E-state index in [0.717, 1.165) is 32.2 Å². The zero-order valence-electron chi connectivity index (χ0n) is 11.6. The van der Waals surface area contributed by atoms with Crippen LogP contribution in [0, 0.1) is 5.92 Å². The van der Waals surface area contributed by atoms with Crippen molar-refractivity contribution in [3.8, 4) is 0 Å². The van der Waals surface area contributed by atoms with E-state index >= 15 is 0 Å². The van der Waals surface area contributed by atoms with E-state index in [9.17, 15) is 13.5 Å². The summed E-state index contributed by atoms with van der Waals surface area (Å²) in [6, 6.07) is 3.09. The number of aliphatic hydroxyl groups is 1. The highest BCUT2D eigenvalue weighted by molar-refractivity contribution is 7.89. The first-order chi connectivity index (χ1) is 9.53. The van der Waals surface area contributed by atoms with Crippen LogP contribution in [0.2, 0.25) is 0 Å². The molecular weight excluding hydrogens is 280 g/mol. The van der Waals surface area contributed by atoms with E-state index in [2.05, 4.69) is 10.0 Å². The second-order valence-electron chi connectivity index (χ2n) is 5.17. The van der Waals surface area contributed by atoms with Crippen LogP contribution >= 0.6 is 0 Å². The van der Waals surface area contributed by atoms with Crippen LogP contribution in [0.1, 0.15) is 31.4 Å². The fourth-order valence-electron chi connectivity index (χ4n) is 2.51. The summed E-state index contributed by atoms with van der Waals surface area (Å²) < 4.78 is 30.5. The van der Waals surface area contributed by atoms with Gasteiger partial charge in [0, 0.05) is 6.54 Å². The molecule has 0 saturated heterocycles. The smallest absolute Gasteiger partial charge is 0.273 e. The van der Waals surface area contributed by atoms with Gasteiger partial charge in [0.1, 0.15) is 5.76 Å². The van der Waals surface area contributed by atoms with Crippen LogP contribution in [-0.4, -0.2) is 33.2 Å². The van der Waals surface area contributed by atoms with Gasteiger partial charge in [0.25, 0.3) is 10.0 Å². The van der Waals surface area contributed by atoms with E-state index < -0.39 is 10.0 Å². The van der Waals surface area contributed by atoms with Gasteiger partial charge in [0.15, 0.2) is 0 Å². The molecule has 1 aliphatic carbocycles. The Morgan fingerprint density at radius 3 is 2.80 bits per heavy atom. The lowest BCUT2D eigenvalue weighted by Crippen LogP contribution is -2.33. The van der Waals surface area contributed by atoms with Crippen molar-refractivity contribution >= 4 is 10.0 Å². The third-order valence-corrected chi connectivity index (χ3v) is 5.03. The van der Waals surface area contributed by atoms with Gasteiger partial charge in [0.05, 0.1) is 12.6 Å². The summed E-state index contributed by atoms with van der Waals surface area (Å²) in [5.74, 6) is 0.850. The summed E-state index contributed by atoms with van der Waals surface area (Å²) in [6.07, 6.45) is 3.94. The first-order valence-corrected chi connectivity index (χ1v) is 8.42. The highest BCUT2D eigenvalue weighted by Gasteiger charge is 2.22. The Morgan fingerprint density at radius 2 is 2.10 bits per heavy atom. The summed E-state index contributed by atoms with van der Waals surface area (Å²) >= 11 is 0. The van der Waals surface area contributed by atoms with Gasteiger partial charge in [-0.05, 0) is 37.9 Å². The average Bonchev–Trinajstić information content (AvgIpc) is 2.90. The molecule has 1 aliphatic rings. The maximum Gasteiger partial charge on any atom is 0.273 e. The van der Waals surface area contributed by atoms with Gasteiger partial charge in [0.2, 0.25) is 5.09 Å². The molecule has 1 fully saturated rings. The Labute approximate surface area is 119 Å². The van der Waals surface area contributed by atoms with Crippen LogP contribution < -0.4 is 10.0 Å². The number of nitrogens with one attached hydrogen (secondary N) is 2. The third-order valence-electron chi connectivity index (χ3n) is 3.75. The third kappa shape index (κ3) is 3.82. The fourth-order valence-corrected chi connectivity index (χ4v) is 3.17. The first kappa shape index (κ1) is 15.5. The molecule has 1 saturated carbocycles. The van der Waals surface area contributed by atoms with Crippen LogP contribution in [0.5, 0.6) is 0 Å². The predicted octanol–water partition coefficient (Wildman–Crippen LogP) is 0.828. The van der Waals surface area contributed by atoms with E-state index in [1.807, 2.05) is 0 Å². The molecule has 1 heterocycles. The number of hydrogen-bond donors (Lipinski definition) is 3. The van der Waals surface area contributed by atoms with Gasteiger partial charge >= 0.3 is 0 Å². The maximum absolute atomic E-state index is 11.5. The molecule has 20 heavy (non-hydrogen) atoms. The Kier molecular flexibility index (Phi) is 5.20. The average molecular weight is 302 g/mol. The molecule has 0 amide bonds. The van der Waals surface area contributed by atoms with Crippen LogP contribution in [-0.2, 0) is 16.6 Å². The van der Waals surface area contributed by atoms with Crippen molar-refractivity contribution in [3.63, 3.8) is 0 Å². The lowest BCUT2D eigenvalue weighted by atomic mass is 9.86. The highest BCUT2D eigenvalue weighted by Crippen LogP contribution is 2.23. The molecule has 2 atom stereocenters. The number of sulfonamides is 1. The summed E-state index contributed by atoms with van der Waals surface area (Å²) in [7, 11) is -2.17. The van der Waals surface area contributed by atoms with E-state index in [0.29, 0.717) is 12.3 Å². The summed E-state index contributed by atoms with van der Waals surface area (Å²) in [5.41, 5.74) is 0. The minimum atomic E-state index is -3.52. The van der Waals surface area contributed by atoms with Crippen molar-refractivity contribution < 1.29 is 17.9 Å². The summed E-state index contributed by atoms with van der Waals surface area (Å²) in [6.45, 7) is 1.18. The Morgan fingerprint density at radius 1 is 1.35 bits per heavy atom. The van der Waals surface area contributed by atoms with Crippen molar-refractivity contribution in [1.29, 1.82) is 0 Å². The van der Waals surface area contributed by atoms with Crippen molar-refractivity contribution in [2.24, 2.45) is 5.92 Å². The Hall–Kier alpha value is -0.890. The minimum Gasteiger partial charge on any atom is -0.447 e. The lowest BCUT2D eigenvalue weighted by molar-refractivity contribution is 0.0692. The molecule has 0 aromatic carbocycles. The number of rotatable bonds is 6. The predicted molar refractivity (Wildman–Crippen MR) is 74.6 cm³/mol. The van der Waals surface area contributed by atoms with Crippen molar-refractivity contribution in [2.45, 2.75) is 43.4 Å². The molecule has 2 unspecified atom stereocenters. The molecule has 6 nitrogen and oxygen atoms in total. The second kappa shape index (κ2) is 6.71. The topological polar surface area (TPSA) is 91.6 Å². The largest absolute Gasteiger partial charge is 0.447 e. The number of hydrogen-bond acceptors (Lipinski definition) is 5.